The zero-order valence-electron chi connectivity index (χ0n) is 8.04. The number of fused-ring (bicyclic) bond motifs is 1. The lowest BCUT2D eigenvalue weighted by atomic mass is 10.1. The average Bonchev–Trinajstić information content (AvgIpc) is 2.50. The average molecular weight is 256 g/mol. The highest BCUT2D eigenvalue weighted by Gasteiger charge is 2.26. The normalized spacial score (nSPS) is 16.7. The molecule has 4 nitrogen and oxygen atoms in total. The third kappa shape index (κ3) is 1.64. The number of thiol groups is 1. The van der Waals surface area contributed by atoms with Crippen LogP contribution in [-0.4, -0.2) is 25.2 Å². The Morgan fingerprint density at radius 1 is 1.38 bits per heavy atom. The van der Waals surface area contributed by atoms with Gasteiger partial charge in [0.1, 0.15) is 0 Å². The summed E-state index contributed by atoms with van der Waals surface area (Å²) in [7, 11) is -3.41. The topological polar surface area (TPSA) is 71.4 Å². The number of aromatic carboxylic acids is 1. The number of hydrogen-bond acceptors (Lipinski definition) is 4. The van der Waals surface area contributed by atoms with Gasteiger partial charge >= 0.3 is 5.97 Å². The van der Waals surface area contributed by atoms with E-state index in [1.54, 1.807) is 0 Å². The molecule has 0 aromatic heterocycles. The van der Waals surface area contributed by atoms with E-state index in [1.807, 2.05) is 0 Å². The molecule has 0 saturated heterocycles. The summed E-state index contributed by atoms with van der Waals surface area (Å²) in [4.78, 5) is 10.9. The molecule has 84 valence electrons. The van der Waals surface area contributed by atoms with E-state index in [1.165, 1.54) is 18.2 Å². The molecule has 0 fully saturated rings. The van der Waals surface area contributed by atoms with Gasteiger partial charge in [-0.2, -0.15) is 12.6 Å². The van der Waals surface area contributed by atoms with Crippen LogP contribution >= 0.6 is 12.6 Å². The minimum Gasteiger partial charge on any atom is -0.478 e. The van der Waals surface area contributed by atoms with E-state index >= 15 is 0 Å². The van der Waals surface area contributed by atoms with Crippen LogP contribution in [0.3, 0.4) is 0 Å². The van der Waals surface area contributed by atoms with Gasteiger partial charge in [-0.1, -0.05) is 0 Å². The molecule has 0 unspecified atom stereocenters. The quantitative estimate of drug-likeness (QED) is 0.785. The van der Waals surface area contributed by atoms with E-state index in [9.17, 15) is 13.2 Å². The second kappa shape index (κ2) is 3.64. The first-order chi connectivity index (χ1) is 7.45. The molecule has 1 aromatic rings. The molecule has 0 atom stereocenters. The molecule has 0 aliphatic carbocycles. The molecular formula is C10H8O4S2. The molecule has 0 radical (unpaired) electrons. The van der Waals surface area contributed by atoms with Crippen LogP contribution in [0.4, 0.5) is 0 Å². The summed E-state index contributed by atoms with van der Waals surface area (Å²) in [6.07, 6.45) is 0. The number of carboxylic acids is 1. The van der Waals surface area contributed by atoms with Gasteiger partial charge in [-0.15, -0.1) is 0 Å². The Balaban J connectivity index is 2.70. The Kier molecular flexibility index (Phi) is 2.55. The lowest BCUT2D eigenvalue weighted by Gasteiger charge is -2.02. The number of benzene rings is 1. The molecule has 16 heavy (non-hydrogen) atoms. The van der Waals surface area contributed by atoms with Crippen molar-refractivity contribution in [1.29, 1.82) is 0 Å². The van der Waals surface area contributed by atoms with E-state index in [0.29, 0.717) is 11.1 Å². The molecule has 1 N–H and O–H groups in total. The standard InChI is InChI=1S/C10H8O4S2/c11-10(12)6-1-2-9-8(3-6)7(4-15)5-16(9,13)14/h1-3,5,15H,4H2,(H,11,12). The number of rotatable bonds is 2. The molecule has 0 amide bonds. The Morgan fingerprint density at radius 2 is 2.06 bits per heavy atom. The maximum atomic E-state index is 11.6. The monoisotopic (exact) mass is 256 g/mol. The second-order valence-corrected chi connectivity index (χ2v) is 5.44. The van der Waals surface area contributed by atoms with Crippen LogP contribution in [0.15, 0.2) is 28.5 Å². The molecule has 1 aliphatic rings. The fraction of sp³-hybridized carbons (Fsp3) is 0.100. The molecule has 0 bridgehead atoms. The van der Waals surface area contributed by atoms with Crippen LogP contribution in [0.1, 0.15) is 15.9 Å². The van der Waals surface area contributed by atoms with Crippen molar-refractivity contribution in [2.45, 2.75) is 4.90 Å². The van der Waals surface area contributed by atoms with Gasteiger partial charge in [0.05, 0.1) is 10.5 Å². The maximum absolute atomic E-state index is 11.6. The summed E-state index contributed by atoms with van der Waals surface area (Å²) in [5, 5.41) is 9.95. The van der Waals surface area contributed by atoms with Crippen LogP contribution in [0.2, 0.25) is 0 Å². The van der Waals surface area contributed by atoms with Crippen molar-refractivity contribution in [1.82, 2.24) is 0 Å². The summed E-state index contributed by atoms with van der Waals surface area (Å²) in [5.74, 6) is -0.819. The van der Waals surface area contributed by atoms with E-state index in [0.717, 1.165) is 5.41 Å². The molecule has 0 saturated carbocycles. The number of hydrogen-bond donors (Lipinski definition) is 2. The van der Waals surface area contributed by atoms with E-state index < -0.39 is 15.8 Å². The first-order valence-corrected chi connectivity index (χ1v) is 6.58. The van der Waals surface area contributed by atoms with Crippen molar-refractivity contribution in [3.63, 3.8) is 0 Å². The summed E-state index contributed by atoms with van der Waals surface area (Å²) < 4.78 is 23.3. The fourth-order valence-electron chi connectivity index (χ4n) is 1.60. The van der Waals surface area contributed by atoms with Crippen LogP contribution in [0.25, 0.3) is 5.57 Å². The SMILES string of the molecule is O=C(O)c1ccc2c(c1)C(CS)=CS2(=O)=O. The van der Waals surface area contributed by atoms with Crippen LogP contribution < -0.4 is 0 Å². The Morgan fingerprint density at radius 3 is 2.62 bits per heavy atom. The third-order valence-electron chi connectivity index (χ3n) is 2.35. The molecular weight excluding hydrogens is 248 g/mol. The van der Waals surface area contributed by atoms with Gasteiger partial charge in [0.15, 0.2) is 0 Å². The molecule has 1 aromatic carbocycles. The summed E-state index contributed by atoms with van der Waals surface area (Å²) in [6.45, 7) is 0. The lowest BCUT2D eigenvalue weighted by molar-refractivity contribution is 0.0696. The zero-order chi connectivity index (χ0) is 11.9. The number of sulfone groups is 1. The second-order valence-electron chi connectivity index (χ2n) is 3.36. The summed E-state index contributed by atoms with van der Waals surface area (Å²) in [6, 6.07) is 3.97. The Bertz CT molecular complexity index is 599. The van der Waals surface area contributed by atoms with Gasteiger partial charge in [-0.05, 0) is 29.3 Å². The molecule has 0 spiro atoms. The van der Waals surface area contributed by atoms with Gasteiger partial charge in [0.2, 0.25) is 9.84 Å². The summed E-state index contributed by atoms with van der Waals surface area (Å²) in [5.41, 5.74) is 1.04. The number of carboxylic acid groups (broad SMARTS) is 1. The third-order valence-corrected chi connectivity index (χ3v) is 4.25. The fourth-order valence-corrected chi connectivity index (χ4v) is 3.45. The zero-order valence-corrected chi connectivity index (χ0v) is 9.75. The largest absolute Gasteiger partial charge is 0.478 e. The first kappa shape index (κ1) is 11.2. The first-order valence-electron chi connectivity index (χ1n) is 4.40. The predicted octanol–water partition coefficient (Wildman–Crippen LogP) is 1.44. The molecule has 1 heterocycles. The van der Waals surface area contributed by atoms with Crippen molar-refractivity contribution < 1.29 is 18.3 Å². The molecule has 1 aliphatic heterocycles. The van der Waals surface area contributed by atoms with Crippen molar-refractivity contribution in [3.05, 3.63) is 34.7 Å². The maximum Gasteiger partial charge on any atom is 0.335 e. The van der Waals surface area contributed by atoms with E-state index in [4.69, 9.17) is 5.11 Å². The summed E-state index contributed by atoms with van der Waals surface area (Å²) >= 11 is 4.02. The highest BCUT2D eigenvalue weighted by molar-refractivity contribution is 7.95. The lowest BCUT2D eigenvalue weighted by Crippen LogP contribution is -1.99. The van der Waals surface area contributed by atoms with Crippen LogP contribution in [0.5, 0.6) is 0 Å². The van der Waals surface area contributed by atoms with Gasteiger partial charge in [0.25, 0.3) is 0 Å². The smallest absolute Gasteiger partial charge is 0.335 e. The van der Waals surface area contributed by atoms with E-state index in [2.05, 4.69) is 12.6 Å². The number of carbonyl (C=O) groups is 1. The highest BCUT2D eigenvalue weighted by atomic mass is 32.2. The minimum absolute atomic E-state index is 0.0727. The van der Waals surface area contributed by atoms with Crippen LogP contribution in [0, 0.1) is 0 Å². The van der Waals surface area contributed by atoms with E-state index in [-0.39, 0.29) is 16.2 Å². The van der Waals surface area contributed by atoms with Gasteiger partial charge < -0.3 is 5.11 Å². The minimum atomic E-state index is -3.41. The van der Waals surface area contributed by atoms with Crippen molar-refractivity contribution in [3.8, 4) is 0 Å². The van der Waals surface area contributed by atoms with Crippen molar-refractivity contribution in [2.24, 2.45) is 0 Å². The molecule has 2 rings (SSSR count). The van der Waals surface area contributed by atoms with Crippen molar-refractivity contribution >= 4 is 34.0 Å². The van der Waals surface area contributed by atoms with Crippen molar-refractivity contribution in [2.75, 3.05) is 5.75 Å². The Labute approximate surface area is 97.9 Å². The van der Waals surface area contributed by atoms with Crippen LogP contribution in [-0.2, 0) is 9.84 Å². The highest BCUT2D eigenvalue weighted by Crippen LogP contribution is 2.34. The van der Waals surface area contributed by atoms with Gasteiger partial charge in [-0.25, -0.2) is 13.2 Å². The van der Waals surface area contributed by atoms with Gasteiger partial charge in [-0.3, -0.25) is 0 Å². The molecule has 6 heteroatoms. The predicted molar refractivity (Wildman–Crippen MR) is 62.4 cm³/mol. The Hall–Kier alpha value is -1.27. The van der Waals surface area contributed by atoms with Gasteiger partial charge in [0, 0.05) is 11.2 Å².